The van der Waals surface area contributed by atoms with E-state index in [-0.39, 0.29) is 11.3 Å². The van der Waals surface area contributed by atoms with Gasteiger partial charge in [-0.25, -0.2) is 0 Å². The van der Waals surface area contributed by atoms with Gasteiger partial charge < -0.3 is 4.18 Å². The van der Waals surface area contributed by atoms with Crippen LogP contribution in [0.15, 0.2) is 48.5 Å². The van der Waals surface area contributed by atoms with Crippen LogP contribution in [0.4, 0.5) is 13.2 Å². The van der Waals surface area contributed by atoms with Crippen LogP contribution < -0.4 is 4.18 Å². The highest BCUT2D eigenvalue weighted by Crippen LogP contribution is 2.35. The molecule has 0 atom stereocenters. The number of alkyl halides is 3. The zero-order valence-electron chi connectivity index (χ0n) is 10.9. The van der Waals surface area contributed by atoms with Crippen molar-refractivity contribution >= 4 is 10.1 Å². The van der Waals surface area contributed by atoms with Crippen molar-refractivity contribution in [3.8, 4) is 16.9 Å². The summed E-state index contributed by atoms with van der Waals surface area (Å²) < 4.78 is 63.8. The summed E-state index contributed by atoms with van der Waals surface area (Å²) in [6, 6.07) is 12.6. The van der Waals surface area contributed by atoms with Gasteiger partial charge in [0.25, 0.3) is 0 Å². The summed E-state index contributed by atoms with van der Waals surface area (Å²) in [7, 11) is -5.69. The van der Waals surface area contributed by atoms with Crippen LogP contribution >= 0.6 is 0 Å². The van der Waals surface area contributed by atoms with E-state index in [0.717, 1.165) is 5.56 Å². The van der Waals surface area contributed by atoms with Crippen molar-refractivity contribution in [3.05, 3.63) is 54.1 Å². The summed E-state index contributed by atoms with van der Waals surface area (Å²) >= 11 is 0. The Labute approximate surface area is 120 Å². The molecule has 0 aromatic heterocycles. The van der Waals surface area contributed by atoms with Crippen LogP contribution in [0.1, 0.15) is 5.56 Å². The van der Waals surface area contributed by atoms with Crippen LogP contribution in [0.5, 0.6) is 5.75 Å². The fourth-order valence-electron chi connectivity index (χ4n) is 1.80. The number of hydrogen-bond donors (Lipinski definition) is 0. The Kier molecular flexibility index (Phi) is 3.95. The molecule has 0 spiro atoms. The Hall–Kier alpha value is -2.02. The summed E-state index contributed by atoms with van der Waals surface area (Å²) in [5.41, 5.74) is -3.79. The third kappa shape index (κ3) is 3.18. The van der Waals surface area contributed by atoms with E-state index < -0.39 is 15.6 Å². The van der Waals surface area contributed by atoms with Gasteiger partial charge in [-0.15, -0.1) is 0 Å². The predicted octanol–water partition coefficient (Wildman–Crippen LogP) is 3.89. The number of rotatable bonds is 3. The number of hydrogen-bond acceptors (Lipinski definition) is 3. The maximum atomic E-state index is 12.4. The normalized spacial score (nSPS) is 12.2. The van der Waals surface area contributed by atoms with Crippen molar-refractivity contribution in [1.29, 1.82) is 0 Å². The molecule has 0 N–H and O–H groups in total. The Morgan fingerprint density at radius 2 is 1.43 bits per heavy atom. The maximum absolute atomic E-state index is 12.4. The Bertz CT molecular complexity index is 752. The minimum absolute atomic E-state index is 0.281. The summed E-state index contributed by atoms with van der Waals surface area (Å²) in [6.07, 6.45) is 0. The first-order chi connectivity index (χ1) is 9.72. The first-order valence-corrected chi connectivity index (χ1v) is 7.29. The van der Waals surface area contributed by atoms with Crippen LogP contribution in [0.25, 0.3) is 11.1 Å². The Morgan fingerprint density at radius 3 is 2.00 bits per heavy atom. The van der Waals surface area contributed by atoms with Gasteiger partial charge in [-0.05, 0) is 24.1 Å². The van der Waals surface area contributed by atoms with Gasteiger partial charge in [-0.2, -0.15) is 21.6 Å². The van der Waals surface area contributed by atoms with Gasteiger partial charge in [0.1, 0.15) is 0 Å². The molecule has 21 heavy (non-hydrogen) atoms. The van der Waals surface area contributed by atoms with Crippen molar-refractivity contribution < 1.29 is 25.8 Å². The highest BCUT2D eigenvalue weighted by atomic mass is 32.2. The molecule has 0 heterocycles. The molecular formula is C14H11F3O3S. The maximum Gasteiger partial charge on any atom is 0.534 e. The van der Waals surface area contributed by atoms with Gasteiger partial charge in [0, 0.05) is 5.56 Å². The van der Waals surface area contributed by atoms with Gasteiger partial charge in [-0.3, -0.25) is 0 Å². The lowest BCUT2D eigenvalue weighted by Gasteiger charge is -2.14. The molecule has 0 bridgehead atoms. The zero-order chi connectivity index (χ0) is 15.7. The molecule has 7 heteroatoms. The highest BCUT2D eigenvalue weighted by Gasteiger charge is 2.48. The van der Waals surface area contributed by atoms with Crippen LogP contribution in [0.2, 0.25) is 0 Å². The molecule has 0 unspecified atom stereocenters. The molecule has 0 aliphatic carbocycles. The van der Waals surface area contributed by atoms with Gasteiger partial charge in [0.05, 0.1) is 0 Å². The second-order valence-corrected chi connectivity index (χ2v) is 5.83. The van der Waals surface area contributed by atoms with E-state index >= 15 is 0 Å². The largest absolute Gasteiger partial charge is 0.534 e. The van der Waals surface area contributed by atoms with E-state index in [4.69, 9.17) is 0 Å². The monoisotopic (exact) mass is 316 g/mol. The molecular weight excluding hydrogens is 305 g/mol. The van der Waals surface area contributed by atoms with Gasteiger partial charge in [-0.1, -0.05) is 42.5 Å². The SMILES string of the molecule is Cc1ccccc1-c1ccccc1OS(=O)(=O)C(F)(F)F. The fourth-order valence-corrected chi connectivity index (χ4v) is 2.28. The molecule has 112 valence electrons. The molecule has 0 saturated carbocycles. The van der Waals surface area contributed by atoms with E-state index in [0.29, 0.717) is 5.56 Å². The summed E-state index contributed by atoms with van der Waals surface area (Å²) in [5.74, 6) is -0.357. The minimum Gasteiger partial charge on any atom is -0.375 e. The van der Waals surface area contributed by atoms with E-state index in [2.05, 4.69) is 4.18 Å². The third-order valence-electron chi connectivity index (χ3n) is 2.81. The molecule has 2 rings (SSSR count). The van der Waals surface area contributed by atoms with Crippen LogP contribution in [0.3, 0.4) is 0 Å². The van der Waals surface area contributed by atoms with Crippen molar-refractivity contribution in [2.24, 2.45) is 0 Å². The molecule has 2 aromatic carbocycles. The third-order valence-corrected chi connectivity index (χ3v) is 3.77. The van der Waals surface area contributed by atoms with Crippen molar-refractivity contribution in [2.45, 2.75) is 12.4 Å². The molecule has 0 radical (unpaired) electrons. The van der Waals surface area contributed by atoms with E-state index in [1.54, 1.807) is 37.3 Å². The number of para-hydroxylation sites is 1. The lowest BCUT2D eigenvalue weighted by atomic mass is 10.00. The molecule has 0 saturated heterocycles. The number of benzene rings is 2. The number of aryl methyl sites for hydroxylation is 1. The Morgan fingerprint density at radius 1 is 0.905 bits per heavy atom. The second kappa shape index (κ2) is 5.40. The molecule has 3 nitrogen and oxygen atoms in total. The molecule has 0 amide bonds. The van der Waals surface area contributed by atoms with E-state index in [1.165, 1.54) is 18.2 Å². The average molecular weight is 316 g/mol. The van der Waals surface area contributed by atoms with E-state index in [9.17, 15) is 21.6 Å². The first-order valence-electron chi connectivity index (χ1n) is 5.88. The topological polar surface area (TPSA) is 43.4 Å². The number of halogens is 3. The van der Waals surface area contributed by atoms with Crippen molar-refractivity contribution in [3.63, 3.8) is 0 Å². The predicted molar refractivity (Wildman–Crippen MR) is 72.2 cm³/mol. The van der Waals surface area contributed by atoms with Crippen LogP contribution in [-0.2, 0) is 10.1 Å². The summed E-state index contributed by atoms with van der Waals surface area (Å²) in [6.45, 7) is 1.77. The molecule has 0 fully saturated rings. The van der Waals surface area contributed by atoms with Crippen molar-refractivity contribution in [2.75, 3.05) is 0 Å². The average Bonchev–Trinajstić information content (AvgIpc) is 2.38. The first kappa shape index (κ1) is 15.4. The lowest BCUT2D eigenvalue weighted by Crippen LogP contribution is -2.28. The standard InChI is InChI=1S/C14H11F3O3S/c1-10-6-2-3-7-11(10)12-8-4-5-9-13(12)20-21(18,19)14(15,16)17/h2-9H,1H3. The van der Waals surface area contributed by atoms with Crippen LogP contribution in [0, 0.1) is 6.92 Å². The lowest BCUT2D eigenvalue weighted by molar-refractivity contribution is -0.0499. The van der Waals surface area contributed by atoms with Gasteiger partial charge >= 0.3 is 15.6 Å². The van der Waals surface area contributed by atoms with Gasteiger partial charge in [0.15, 0.2) is 5.75 Å². The minimum atomic E-state index is -5.69. The molecule has 2 aromatic rings. The zero-order valence-corrected chi connectivity index (χ0v) is 11.7. The van der Waals surface area contributed by atoms with Crippen LogP contribution in [-0.4, -0.2) is 13.9 Å². The highest BCUT2D eigenvalue weighted by molar-refractivity contribution is 7.88. The molecule has 0 aliphatic rings. The Balaban J connectivity index is 2.52. The fraction of sp³-hybridized carbons (Fsp3) is 0.143. The summed E-state index contributed by atoms with van der Waals surface area (Å²) in [5, 5.41) is 0. The smallest absolute Gasteiger partial charge is 0.375 e. The van der Waals surface area contributed by atoms with E-state index in [1.807, 2.05) is 0 Å². The molecule has 0 aliphatic heterocycles. The summed E-state index contributed by atoms with van der Waals surface area (Å²) in [4.78, 5) is 0. The second-order valence-electron chi connectivity index (χ2n) is 4.29. The van der Waals surface area contributed by atoms with Gasteiger partial charge in [0.2, 0.25) is 0 Å². The van der Waals surface area contributed by atoms with Crippen molar-refractivity contribution in [1.82, 2.24) is 0 Å². The quantitative estimate of drug-likeness (QED) is 0.637.